The van der Waals surface area contributed by atoms with Gasteiger partial charge in [0.25, 0.3) is 0 Å². The molecule has 35 heavy (non-hydrogen) atoms. The molecule has 0 bridgehead atoms. The lowest BCUT2D eigenvalue weighted by molar-refractivity contribution is 0.00635. The Bertz CT molecular complexity index is 780. The minimum Gasteiger partial charge on any atom is -0.497 e. The summed E-state index contributed by atoms with van der Waals surface area (Å²) in [5.41, 5.74) is 1.14. The Kier molecular flexibility index (Phi) is 12.7. The Morgan fingerprint density at radius 2 is 1.43 bits per heavy atom. The van der Waals surface area contributed by atoms with E-state index >= 15 is 0 Å². The average molecular weight is 635 g/mol. The molecule has 1 rings (SSSR count). The number of hydrogen-bond acceptors (Lipinski definition) is 4. The molecule has 1 aromatic rings. The summed E-state index contributed by atoms with van der Waals surface area (Å²) >= 11 is 2.32. The normalized spacial score (nSPS) is 16.4. The summed E-state index contributed by atoms with van der Waals surface area (Å²) in [7, 11) is -2.18. The van der Waals surface area contributed by atoms with E-state index in [0.717, 1.165) is 11.3 Å². The number of methoxy groups -OCH3 is 1. The van der Waals surface area contributed by atoms with Crippen molar-refractivity contribution in [2.75, 3.05) is 20.3 Å². The maximum Gasteiger partial charge on any atom is 0.192 e. The number of rotatable bonds is 13. The maximum absolute atomic E-state index is 7.09. The van der Waals surface area contributed by atoms with Crippen LogP contribution in [-0.4, -0.2) is 43.1 Å². The minimum absolute atomic E-state index is 0.0301. The second-order valence-corrected chi connectivity index (χ2v) is 23.0. The summed E-state index contributed by atoms with van der Waals surface area (Å²) in [5.74, 6) is 1.26. The highest BCUT2D eigenvalue weighted by Gasteiger charge is 2.43. The highest BCUT2D eigenvalue weighted by molar-refractivity contribution is 14.1. The number of halogens is 1. The van der Waals surface area contributed by atoms with Crippen molar-refractivity contribution >= 4 is 39.2 Å². The molecule has 0 spiro atoms. The third kappa shape index (κ3) is 10.2. The predicted octanol–water partition coefficient (Wildman–Crippen LogP) is 8.83. The Balaban J connectivity index is 3.07. The van der Waals surface area contributed by atoms with Crippen molar-refractivity contribution in [3.05, 3.63) is 40.0 Å². The highest BCUT2D eigenvalue weighted by atomic mass is 127. The van der Waals surface area contributed by atoms with E-state index < -0.39 is 16.6 Å². The number of ether oxygens (including phenoxy) is 2. The van der Waals surface area contributed by atoms with Gasteiger partial charge in [0.15, 0.2) is 16.6 Å². The lowest BCUT2D eigenvalue weighted by Gasteiger charge is -2.44. The van der Waals surface area contributed by atoms with Crippen molar-refractivity contribution in [1.29, 1.82) is 0 Å². The van der Waals surface area contributed by atoms with Gasteiger partial charge in [0, 0.05) is 18.4 Å². The first-order chi connectivity index (χ1) is 15.9. The Morgan fingerprint density at radius 3 is 1.89 bits per heavy atom. The lowest BCUT2D eigenvalue weighted by Crippen LogP contribution is -2.50. The molecule has 0 aromatic heterocycles. The van der Waals surface area contributed by atoms with Crippen LogP contribution in [-0.2, 0) is 20.2 Å². The first kappa shape index (κ1) is 32.8. The molecule has 0 amide bonds. The van der Waals surface area contributed by atoms with E-state index in [1.807, 2.05) is 12.1 Å². The van der Waals surface area contributed by atoms with Crippen LogP contribution in [0.4, 0.5) is 0 Å². The monoisotopic (exact) mass is 634 g/mol. The van der Waals surface area contributed by atoms with Crippen molar-refractivity contribution in [1.82, 2.24) is 0 Å². The van der Waals surface area contributed by atoms with Crippen LogP contribution in [0, 0.1) is 11.8 Å². The van der Waals surface area contributed by atoms with Gasteiger partial charge < -0.3 is 18.3 Å². The van der Waals surface area contributed by atoms with E-state index in [0.29, 0.717) is 19.8 Å². The van der Waals surface area contributed by atoms with Gasteiger partial charge >= 0.3 is 0 Å². The molecule has 0 saturated heterocycles. The van der Waals surface area contributed by atoms with Gasteiger partial charge in [-0.15, -0.1) is 0 Å². The molecule has 0 radical (unpaired) electrons. The van der Waals surface area contributed by atoms with Gasteiger partial charge in [-0.3, -0.25) is 0 Å². The molecule has 0 aliphatic carbocycles. The Morgan fingerprint density at radius 1 is 0.886 bits per heavy atom. The molecule has 0 aliphatic rings. The van der Waals surface area contributed by atoms with Crippen molar-refractivity contribution < 1.29 is 18.3 Å². The molecule has 0 heterocycles. The largest absolute Gasteiger partial charge is 0.497 e. The van der Waals surface area contributed by atoms with E-state index in [-0.39, 0.29) is 28.0 Å². The Labute approximate surface area is 231 Å². The molecule has 0 N–H and O–H groups in total. The van der Waals surface area contributed by atoms with Crippen LogP contribution in [0.3, 0.4) is 0 Å². The van der Waals surface area contributed by atoms with Gasteiger partial charge in [-0.2, -0.15) is 0 Å². The molecule has 202 valence electrons. The van der Waals surface area contributed by atoms with Gasteiger partial charge in [-0.25, -0.2) is 0 Å². The van der Waals surface area contributed by atoms with Crippen LogP contribution in [0.5, 0.6) is 5.75 Å². The number of benzene rings is 1. The van der Waals surface area contributed by atoms with E-state index in [4.69, 9.17) is 18.3 Å². The standard InChI is InChI=1S/C28H51IO4Si2/c1-22(19-31-20-23-13-15-25(30-8)16-14-23)26(33-35(11,12)28(5,6)7)24(17-18-29)21-32-34(9,10)27(2,3)4/h13-18,22,24,26H,19-21H2,1-12H3/b18-17-/t22-,24+,26-/m0/s1. The van der Waals surface area contributed by atoms with Crippen molar-refractivity contribution in [3.8, 4) is 5.75 Å². The minimum atomic E-state index is -2.00. The zero-order valence-electron chi connectivity index (χ0n) is 24.3. The maximum atomic E-state index is 7.09. The Hall–Kier alpha value is -0.196. The van der Waals surface area contributed by atoms with Gasteiger partial charge in [0.2, 0.25) is 0 Å². The quantitative estimate of drug-likeness (QED) is 0.161. The van der Waals surface area contributed by atoms with E-state index in [9.17, 15) is 0 Å². The van der Waals surface area contributed by atoms with Crippen LogP contribution >= 0.6 is 22.6 Å². The van der Waals surface area contributed by atoms with Crippen molar-refractivity contribution in [3.63, 3.8) is 0 Å². The van der Waals surface area contributed by atoms with Crippen molar-refractivity contribution in [2.45, 2.75) is 97.4 Å². The molecule has 0 saturated carbocycles. The first-order valence-electron chi connectivity index (χ1n) is 12.7. The summed E-state index contributed by atoms with van der Waals surface area (Å²) in [5, 5.41) is 0.308. The molecular weight excluding hydrogens is 583 g/mol. The van der Waals surface area contributed by atoms with Crippen LogP contribution in [0.1, 0.15) is 54.0 Å². The van der Waals surface area contributed by atoms with Gasteiger partial charge in [-0.1, -0.05) is 89.3 Å². The first-order valence-corrected chi connectivity index (χ1v) is 19.8. The van der Waals surface area contributed by atoms with Crippen LogP contribution in [0.15, 0.2) is 34.4 Å². The third-order valence-electron chi connectivity index (χ3n) is 7.79. The summed E-state index contributed by atoms with van der Waals surface area (Å²) in [6, 6.07) is 8.07. The van der Waals surface area contributed by atoms with Crippen molar-refractivity contribution in [2.24, 2.45) is 11.8 Å². The van der Waals surface area contributed by atoms with E-state index in [1.165, 1.54) is 0 Å². The van der Waals surface area contributed by atoms with Crippen LogP contribution in [0.2, 0.25) is 36.3 Å². The second-order valence-electron chi connectivity index (χ2n) is 12.7. The summed E-state index contributed by atoms with van der Waals surface area (Å²) < 4.78 is 27.4. The molecule has 0 unspecified atom stereocenters. The van der Waals surface area contributed by atoms with Gasteiger partial charge in [-0.05, 0) is 58.0 Å². The summed E-state index contributed by atoms with van der Waals surface area (Å²) in [4.78, 5) is 0. The molecule has 0 aliphatic heterocycles. The molecular formula is C28H51IO4Si2. The fourth-order valence-corrected chi connectivity index (χ4v) is 6.21. The van der Waals surface area contributed by atoms with Crippen LogP contribution in [0.25, 0.3) is 0 Å². The zero-order chi connectivity index (χ0) is 27.1. The average Bonchev–Trinajstić information content (AvgIpc) is 2.74. The molecule has 1 aromatic carbocycles. The van der Waals surface area contributed by atoms with E-state index in [2.05, 4.69) is 120 Å². The fourth-order valence-electron chi connectivity index (χ4n) is 3.20. The molecule has 0 fully saturated rings. The van der Waals surface area contributed by atoms with Gasteiger partial charge in [0.05, 0.1) is 26.4 Å². The van der Waals surface area contributed by atoms with Crippen LogP contribution < -0.4 is 4.74 Å². The molecule has 7 heteroatoms. The zero-order valence-corrected chi connectivity index (χ0v) is 28.5. The molecule has 4 nitrogen and oxygen atoms in total. The SMILES string of the molecule is COc1ccc(COC[C@H](C)[C@H](O[Si](C)(C)C(C)(C)C)[C@H](/C=C\I)CO[Si](C)(C)C(C)(C)C)cc1. The second kappa shape index (κ2) is 13.6. The molecule has 3 atom stereocenters. The van der Waals surface area contributed by atoms with E-state index in [1.54, 1.807) is 7.11 Å². The lowest BCUT2D eigenvalue weighted by atomic mass is 9.93. The predicted molar refractivity (Wildman–Crippen MR) is 164 cm³/mol. The topological polar surface area (TPSA) is 36.9 Å². The highest BCUT2D eigenvalue weighted by Crippen LogP contribution is 2.41. The summed E-state index contributed by atoms with van der Waals surface area (Å²) in [6.45, 7) is 27.3. The third-order valence-corrected chi connectivity index (χ3v) is 17.2. The van der Waals surface area contributed by atoms with Gasteiger partial charge in [0.1, 0.15) is 5.75 Å². The smallest absolute Gasteiger partial charge is 0.192 e. The number of hydrogen-bond donors (Lipinski definition) is 0. The summed E-state index contributed by atoms with van der Waals surface area (Å²) in [6.07, 6.45) is 2.30. The fraction of sp³-hybridized carbons (Fsp3) is 0.714.